The fourth-order valence-corrected chi connectivity index (χ4v) is 5.11. The van der Waals surface area contributed by atoms with Gasteiger partial charge in [0, 0.05) is 18.5 Å². The summed E-state index contributed by atoms with van der Waals surface area (Å²) in [5.74, 6) is 0.425. The first-order valence-electron chi connectivity index (χ1n) is 12.0. The SMILES string of the molecule is CN(C(=O)c1nn(Cc2ccccc2)c(=O)c2ccccc12)C1CCC(c2ccccc2)CC1. The van der Waals surface area contributed by atoms with Crippen molar-refractivity contribution in [3.8, 4) is 0 Å². The summed E-state index contributed by atoms with van der Waals surface area (Å²) in [5, 5.41) is 5.73. The van der Waals surface area contributed by atoms with Crippen molar-refractivity contribution >= 4 is 16.7 Å². The summed E-state index contributed by atoms with van der Waals surface area (Å²) < 4.78 is 1.42. The minimum Gasteiger partial charge on any atom is -0.337 e. The van der Waals surface area contributed by atoms with Crippen LogP contribution in [-0.2, 0) is 6.54 Å². The molecule has 4 aromatic rings. The van der Waals surface area contributed by atoms with Gasteiger partial charge in [-0.15, -0.1) is 0 Å². The average molecular weight is 452 g/mol. The molecule has 0 aliphatic heterocycles. The number of carbonyl (C=O) groups is 1. The predicted octanol–water partition coefficient (Wildman–Crippen LogP) is 5.24. The van der Waals surface area contributed by atoms with Crippen LogP contribution in [0.5, 0.6) is 0 Å². The Labute approximate surface area is 199 Å². The van der Waals surface area contributed by atoms with E-state index in [1.165, 1.54) is 10.2 Å². The Morgan fingerprint density at radius 3 is 2.12 bits per heavy atom. The van der Waals surface area contributed by atoms with Gasteiger partial charge in [-0.2, -0.15) is 5.10 Å². The van der Waals surface area contributed by atoms with E-state index in [1.807, 2.05) is 60.5 Å². The third-order valence-electron chi connectivity index (χ3n) is 7.08. The molecule has 0 atom stereocenters. The van der Waals surface area contributed by atoms with Crippen LogP contribution in [0.2, 0.25) is 0 Å². The minimum atomic E-state index is -0.179. The number of benzene rings is 3. The summed E-state index contributed by atoms with van der Waals surface area (Å²) in [6.45, 7) is 0.330. The lowest BCUT2D eigenvalue weighted by Crippen LogP contribution is -2.40. The molecular weight excluding hydrogens is 422 g/mol. The molecule has 0 bridgehead atoms. The van der Waals surface area contributed by atoms with Gasteiger partial charge in [-0.3, -0.25) is 9.59 Å². The van der Waals surface area contributed by atoms with E-state index in [1.54, 1.807) is 6.07 Å². The quantitative estimate of drug-likeness (QED) is 0.417. The lowest BCUT2D eigenvalue weighted by Gasteiger charge is -2.35. The van der Waals surface area contributed by atoms with Gasteiger partial charge in [0.1, 0.15) is 0 Å². The van der Waals surface area contributed by atoms with Crippen LogP contribution >= 0.6 is 0 Å². The summed E-state index contributed by atoms with van der Waals surface area (Å²) in [6, 6.07) is 27.8. The van der Waals surface area contributed by atoms with Gasteiger partial charge in [-0.1, -0.05) is 78.9 Å². The van der Waals surface area contributed by atoms with E-state index in [-0.39, 0.29) is 17.5 Å². The lowest BCUT2D eigenvalue weighted by atomic mass is 9.81. The second-order valence-corrected chi connectivity index (χ2v) is 9.17. The van der Waals surface area contributed by atoms with Crippen LogP contribution in [-0.4, -0.2) is 33.7 Å². The molecule has 1 amide bonds. The molecule has 5 rings (SSSR count). The Bertz CT molecular complexity index is 1340. The van der Waals surface area contributed by atoms with Gasteiger partial charge >= 0.3 is 0 Å². The molecule has 1 aliphatic rings. The van der Waals surface area contributed by atoms with Crippen molar-refractivity contribution in [2.45, 2.75) is 44.2 Å². The highest BCUT2D eigenvalue weighted by Crippen LogP contribution is 2.34. The van der Waals surface area contributed by atoms with Crippen molar-refractivity contribution in [1.29, 1.82) is 0 Å². The Morgan fingerprint density at radius 2 is 1.44 bits per heavy atom. The molecule has 0 saturated heterocycles. The zero-order valence-electron chi connectivity index (χ0n) is 19.4. The standard InChI is InChI=1S/C29H29N3O2/c1-31(24-18-16-23(17-19-24)22-12-6-3-7-13-22)29(34)27-25-14-8-9-15-26(25)28(33)32(30-27)20-21-10-4-2-5-11-21/h2-15,23-24H,16-20H2,1H3. The van der Waals surface area contributed by atoms with E-state index >= 15 is 0 Å². The summed E-state index contributed by atoms with van der Waals surface area (Å²) in [4.78, 5) is 28.6. The third kappa shape index (κ3) is 4.38. The second-order valence-electron chi connectivity index (χ2n) is 9.17. The van der Waals surface area contributed by atoms with Crippen molar-refractivity contribution in [2.75, 3.05) is 7.05 Å². The summed E-state index contributed by atoms with van der Waals surface area (Å²) >= 11 is 0. The maximum atomic E-state index is 13.7. The number of nitrogens with zero attached hydrogens (tertiary/aromatic N) is 3. The summed E-state index contributed by atoms with van der Waals surface area (Å²) in [6.07, 6.45) is 4.05. The Morgan fingerprint density at radius 1 is 0.853 bits per heavy atom. The fourth-order valence-electron chi connectivity index (χ4n) is 5.11. The molecule has 1 fully saturated rings. The van der Waals surface area contributed by atoms with E-state index in [4.69, 9.17) is 0 Å². The molecule has 0 unspecified atom stereocenters. The monoisotopic (exact) mass is 451 g/mol. The maximum Gasteiger partial charge on any atom is 0.274 e. The van der Waals surface area contributed by atoms with Crippen molar-refractivity contribution < 1.29 is 4.79 Å². The number of fused-ring (bicyclic) bond motifs is 1. The molecule has 1 saturated carbocycles. The summed E-state index contributed by atoms with van der Waals surface area (Å²) in [7, 11) is 1.87. The highest BCUT2D eigenvalue weighted by atomic mass is 16.2. The Hall–Kier alpha value is -3.73. The number of hydrogen-bond donors (Lipinski definition) is 0. The molecule has 1 heterocycles. The highest BCUT2D eigenvalue weighted by Gasteiger charge is 2.29. The number of aromatic nitrogens is 2. The number of hydrogen-bond acceptors (Lipinski definition) is 3. The van der Waals surface area contributed by atoms with E-state index in [9.17, 15) is 9.59 Å². The normalized spacial score (nSPS) is 18.0. The van der Waals surface area contributed by atoms with Crippen LogP contribution in [0.15, 0.2) is 89.7 Å². The van der Waals surface area contributed by atoms with Crippen LogP contribution in [0.3, 0.4) is 0 Å². The van der Waals surface area contributed by atoms with Crippen LogP contribution in [0.4, 0.5) is 0 Å². The third-order valence-corrected chi connectivity index (χ3v) is 7.08. The molecule has 0 spiro atoms. The van der Waals surface area contributed by atoms with Crippen LogP contribution in [0.1, 0.15) is 53.2 Å². The van der Waals surface area contributed by atoms with E-state index in [0.29, 0.717) is 28.9 Å². The fraction of sp³-hybridized carbons (Fsp3) is 0.276. The Balaban J connectivity index is 1.41. The minimum absolute atomic E-state index is 0.124. The lowest BCUT2D eigenvalue weighted by molar-refractivity contribution is 0.0683. The molecule has 0 N–H and O–H groups in total. The van der Waals surface area contributed by atoms with E-state index in [2.05, 4.69) is 35.4 Å². The highest BCUT2D eigenvalue weighted by molar-refractivity contribution is 6.04. The van der Waals surface area contributed by atoms with Crippen molar-refractivity contribution in [3.05, 3.63) is 112 Å². The van der Waals surface area contributed by atoms with Gasteiger partial charge in [-0.05, 0) is 48.8 Å². The van der Waals surface area contributed by atoms with E-state index in [0.717, 1.165) is 31.2 Å². The molecule has 5 nitrogen and oxygen atoms in total. The smallest absolute Gasteiger partial charge is 0.274 e. The number of amides is 1. The molecule has 5 heteroatoms. The van der Waals surface area contributed by atoms with Gasteiger partial charge in [0.05, 0.1) is 11.9 Å². The first kappa shape index (κ1) is 22.1. The zero-order valence-corrected chi connectivity index (χ0v) is 19.4. The topological polar surface area (TPSA) is 55.2 Å². The van der Waals surface area contributed by atoms with E-state index < -0.39 is 0 Å². The van der Waals surface area contributed by atoms with Gasteiger partial charge in [0.25, 0.3) is 11.5 Å². The molecular formula is C29H29N3O2. The molecule has 172 valence electrons. The first-order valence-corrected chi connectivity index (χ1v) is 12.0. The molecule has 34 heavy (non-hydrogen) atoms. The molecule has 1 aromatic heterocycles. The second kappa shape index (κ2) is 9.64. The molecule has 0 radical (unpaired) electrons. The predicted molar refractivity (Wildman–Crippen MR) is 135 cm³/mol. The largest absolute Gasteiger partial charge is 0.337 e. The number of rotatable bonds is 5. The maximum absolute atomic E-state index is 13.7. The van der Waals surface area contributed by atoms with Gasteiger partial charge in [0.2, 0.25) is 0 Å². The molecule has 1 aliphatic carbocycles. The summed E-state index contributed by atoms with van der Waals surface area (Å²) in [5.41, 5.74) is 2.52. The van der Waals surface area contributed by atoms with Crippen molar-refractivity contribution in [3.63, 3.8) is 0 Å². The van der Waals surface area contributed by atoms with Crippen molar-refractivity contribution in [2.24, 2.45) is 0 Å². The van der Waals surface area contributed by atoms with Gasteiger partial charge in [0.15, 0.2) is 5.69 Å². The average Bonchev–Trinajstić information content (AvgIpc) is 2.91. The van der Waals surface area contributed by atoms with Crippen LogP contribution < -0.4 is 5.56 Å². The van der Waals surface area contributed by atoms with Crippen LogP contribution in [0.25, 0.3) is 10.8 Å². The molecule has 3 aromatic carbocycles. The first-order chi connectivity index (χ1) is 16.6. The zero-order chi connectivity index (χ0) is 23.5. The van der Waals surface area contributed by atoms with Gasteiger partial charge in [-0.25, -0.2) is 4.68 Å². The Kier molecular flexibility index (Phi) is 6.26. The van der Waals surface area contributed by atoms with Crippen molar-refractivity contribution in [1.82, 2.24) is 14.7 Å². The van der Waals surface area contributed by atoms with Crippen LogP contribution in [0, 0.1) is 0 Å². The van der Waals surface area contributed by atoms with Gasteiger partial charge < -0.3 is 4.90 Å². The number of carbonyl (C=O) groups excluding carboxylic acids is 1.